The average molecular weight is 520 g/mol. The number of hydrogen-bond acceptors (Lipinski definition) is 3. The summed E-state index contributed by atoms with van der Waals surface area (Å²) in [4.78, 5) is 4.63. The maximum Gasteiger partial charge on any atom is 2.00 e. The molecule has 0 saturated heterocycles. The zero-order valence-electron chi connectivity index (χ0n) is 13.8. The topological polar surface area (TPSA) is 39.9 Å². The molecular formula is C21H15N3OPt. The third-order valence-electron chi connectivity index (χ3n) is 3.66. The number of rotatable bonds is 5. The summed E-state index contributed by atoms with van der Waals surface area (Å²) in [6.45, 7) is 0.357. The van der Waals surface area contributed by atoms with Crippen LogP contribution in [0.1, 0.15) is 5.69 Å². The Kier molecular flexibility index (Phi) is 5.98. The summed E-state index contributed by atoms with van der Waals surface area (Å²) in [5, 5.41) is 4.41. The number of para-hydroxylation sites is 1. The molecule has 0 fully saturated rings. The van der Waals surface area contributed by atoms with Crippen LogP contribution in [-0.2, 0) is 27.7 Å². The van der Waals surface area contributed by atoms with Gasteiger partial charge in [-0.05, 0) is 17.4 Å². The first-order valence-corrected chi connectivity index (χ1v) is 7.97. The minimum atomic E-state index is 0. The summed E-state index contributed by atoms with van der Waals surface area (Å²) in [5.41, 5.74) is 3.56. The number of aromatic nitrogens is 3. The monoisotopic (exact) mass is 520 g/mol. The predicted molar refractivity (Wildman–Crippen MR) is 95.2 cm³/mol. The van der Waals surface area contributed by atoms with Crippen molar-refractivity contribution >= 4 is 0 Å². The Bertz CT molecular complexity index is 955. The third kappa shape index (κ3) is 4.27. The molecule has 5 heteroatoms. The van der Waals surface area contributed by atoms with Crippen molar-refractivity contribution in [2.24, 2.45) is 0 Å². The molecule has 2 aromatic heterocycles. The van der Waals surface area contributed by atoms with Gasteiger partial charge in [-0.2, -0.15) is 24.3 Å². The molecule has 0 saturated carbocycles. The second kappa shape index (κ2) is 8.59. The van der Waals surface area contributed by atoms with Crippen molar-refractivity contribution in [1.82, 2.24) is 14.8 Å². The summed E-state index contributed by atoms with van der Waals surface area (Å²) < 4.78 is 7.50. The Balaban J connectivity index is 0.00000196. The molecule has 4 nitrogen and oxygen atoms in total. The molecule has 4 aromatic rings. The van der Waals surface area contributed by atoms with E-state index in [1.807, 2.05) is 79.0 Å². The quantitative estimate of drug-likeness (QED) is 0.372. The van der Waals surface area contributed by atoms with Gasteiger partial charge in [0.25, 0.3) is 0 Å². The summed E-state index contributed by atoms with van der Waals surface area (Å²) in [6.07, 6.45) is 1.85. The zero-order valence-corrected chi connectivity index (χ0v) is 16.1. The fourth-order valence-corrected chi connectivity index (χ4v) is 2.46. The van der Waals surface area contributed by atoms with Crippen LogP contribution in [0.2, 0.25) is 0 Å². The normalized spacial score (nSPS) is 10.2. The van der Waals surface area contributed by atoms with Crippen molar-refractivity contribution in [3.63, 3.8) is 0 Å². The van der Waals surface area contributed by atoms with Crippen molar-refractivity contribution in [3.05, 3.63) is 96.8 Å². The molecular weight excluding hydrogens is 505 g/mol. The van der Waals surface area contributed by atoms with Crippen LogP contribution in [-0.4, -0.2) is 14.8 Å². The molecule has 26 heavy (non-hydrogen) atoms. The van der Waals surface area contributed by atoms with E-state index in [4.69, 9.17) is 4.74 Å². The molecule has 0 radical (unpaired) electrons. The first-order valence-electron chi connectivity index (χ1n) is 7.97. The molecule has 0 aliphatic rings. The number of pyridine rings is 1. The molecule has 4 rings (SSSR count). The Labute approximate surface area is 166 Å². The van der Waals surface area contributed by atoms with E-state index in [0.29, 0.717) is 12.5 Å². The fraction of sp³-hybridized carbons (Fsp3) is 0.0476. The van der Waals surface area contributed by atoms with E-state index in [0.717, 1.165) is 22.6 Å². The minimum Gasteiger partial charge on any atom is -0.470 e. The van der Waals surface area contributed by atoms with Crippen LogP contribution in [0.5, 0.6) is 5.88 Å². The van der Waals surface area contributed by atoms with Gasteiger partial charge in [-0.25, -0.2) is 0 Å². The summed E-state index contributed by atoms with van der Waals surface area (Å²) >= 11 is 0. The van der Waals surface area contributed by atoms with Gasteiger partial charge < -0.3 is 4.74 Å². The van der Waals surface area contributed by atoms with Gasteiger partial charge in [0, 0.05) is 12.3 Å². The molecule has 0 N–H and O–H groups in total. The smallest absolute Gasteiger partial charge is 0.470 e. The summed E-state index contributed by atoms with van der Waals surface area (Å²) in [7, 11) is 0. The van der Waals surface area contributed by atoms with Crippen LogP contribution in [0.4, 0.5) is 0 Å². The van der Waals surface area contributed by atoms with Gasteiger partial charge in [0.15, 0.2) is 0 Å². The van der Waals surface area contributed by atoms with E-state index < -0.39 is 0 Å². The zero-order chi connectivity index (χ0) is 16.9. The van der Waals surface area contributed by atoms with E-state index in [1.165, 1.54) is 0 Å². The number of benzene rings is 2. The van der Waals surface area contributed by atoms with E-state index in [-0.39, 0.29) is 21.1 Å². The molecule has 0 spiro atoms. The van der Waals surface area contributed by atoms with E-state index >= 15 is 0 Å². The Hall–Kier alpha value is -2.71. The van der Waals surface area contributed by atoms with Crippen molar-refractivity contribution in [3.8, 4) is 22.8 Å². The summed E-state index contributed by atoms with van der Waals surface area (Å²) in [5.74, 6) is 0.552. The molecule has 130 valence electrons. The first kappa shape index (κ1) is 18.1. The molecule has 0 aliphatic heterocycles. The molecule has 0 bridgehead atoms. The maximum atomic E-state index is 5.77. The van der Waals surface area contributed by atoms with Gasteiger partial charge in [-0.1, -0.05) is 12.1 Å². The molecule has 2 heterocycles. The van der Waals surface area contributed by atoms with Gasteiger partial charge >= 0.3 is 21.1 Å². The van der Waals surface area contributed by atoms with E-state index in [1.54, 1.807) is 4.68 Å². The molecule has 2 aromatic carbocycles. The largest absolute Gasteiger partial charge is 2.00 e. The number of hydrogen-bond donors (Lipinski definition) is 0. The molecule has 0 amide bonds. The van der Waals surface area contributed by atoms with Crippen molar-refractivity contribution < 1.29 is 25.8 Å². The minimum absolute atomic E-state index is 0. The fourth-order valence-electron chi connectivity index (χ4n) is 2.46. The van der Waals surface area contributed by atoms with E-state index in [9.17, 15) is 0 Å². The van der Waals surface area contributed by atoms with Crippen LogP contribution in [0.25, 0.3) is 16.9 Å². The van der Waals surface area contributed by atoms with Crippen LogP contribution < -0.4 is 4.74 Å². The summed E-state index contributed by atoms with van der Waals surface area (Å²) in [6, 6.07) is 29.5. The van der Waals surface area contributed by atoms with Crippen LogP contribution in [0.15, 0.2) is 79.0 Å². The molecule has 0 unspecified atom stereocenters. The predicted octanol–water partition coefficient (Wildman–Crippen LogP) is 4.11. The maximum absolute atomic E-state index is 5.77. The van der Waals surface area contributed by atoms with Crippen molar-refractivity contribution in [2.75, 3.05) is 0 Å². The first-order chi connectivity index (χ1) is 12.4. The molecule has 0 atom stereocenters. The molecule has 0 aliphatic carbocycles. The Morgan fingerprint density at radius 2 is 1.73 bits per heavy atom. The second-order valence-corrected chi connectivity index (χ2v) is 5.43. The van der Waals surface area contributed by atoms with Crippen LogP contribution >= 0.6 is 0 Å². The van der Waals surface area contributed by atoms with Crippen LogP contribution in [0.3, 0.4) is 0 Å². The van der Waals surface area contributed by atoms with Gasteiger partial charge in [0.05, 0.1) is 5.69 Å². The number of ether oxygens (including phenoxy) is 1. The van der Waals surface area contributed by atoms with Gasteiger partial charge in [0.2, 0.25) is 5.88 Å². The second-order valence-electron chi connectivity index (χ2n) is 5.43. The van der Waals surface area contributed by atoms with Crippen molar-refractivity contribution in [1.29, 1.82) is 0 Å². The van der Waals surface area contributed by atoms with Gasteiger partial charge in [-0.15, -0.1) is 47.1 Å². The van der Waals surface area contributed by atoms with Crippen LogP contribution in [0, 0.1) is 12.1 Å². The standard InChI is InChI=1S/C21H15N3O.Pt/c1-3-8-17(9-4-1)20-13-7-10-18(22-20)16-25-21-14-15-24(23-21)19-11-5-2-6-12-19;/h1-8,10-11,13-15H,16H2;/q-2;+2. The van der Waals surface area contributed by atoms with E-state index in [2.05, 4.69) is 22.2 Å². The average Bonchev–Trinajstić information content (AvgIpc) is 3.17. The Morgan fingerprint density at radius 1 is 0.885 bits per heavy atom. The number of nitrogens with zero attached hydrogens (tertiary/aromatic N) is 3. The van der Waals surface area contributed by atoms with Crippen molar-refractivity contribution in [2.45, 2.75) is 6.61 Å². The van der Waals surface area contributed by atoms with Gasteiger partial charge in [-0.3, -0.25) is 9.67 Å². The van der Waals surface area contributed by atoms with Gasteiger partial charge in [0.1, 0.15) is 6.61 Å². The Morgan fingerprint density at radius 3 is 2.50 bits per heavy atom. The third-order valence-corrected chi connectivity index (χ3v) is 3.66. The SMILES string of the molecule is [Pt+2].[c-]1ccccc1-c1cccc(COc2ccn(-c3[c-]cccc3)n2)n1.